The van der Waals surface area contributed by atoms with Crippen molar-refractivity contribution in [2.24, 2.45) is 0 Å². The summed E-state index contributed by atoms with van der Waals surface area (Å²) >= 11 is 1.68. The number of hydrogen-bond donors (Lipinski definition) is 2. The molecule has 0 aliphatic rings. The van der Waals surface area contributed by atoms with Gasteiger partial charge >= 0.3 is 0 Å². The minimum Gasteiger partial charge on any atom is -0.508 e. The van der Waals surface area contributed by atoms with E-state index in [1.54, 1.807) is 23.5 Å². The summed E-state index contributed by atoms with van der Waals surface area (Å²) in [5, 5.41) is 13.2. The molecule has 5 heteroatoms. The molecule has 0 aliphatic carbocycles. The summed E-state index contributed by atoms with van der Waals surface area (Å²) in [6.45, 7) is 6.42. The topological polar surface area (TPSA) is 49.6 Å². The highest BCUT2D eigenvalue weighted by Crippen LogP contribution is 2.37. The monoisotopic (exact) mass is 337 g/mol. The lowest BCUT2D eigenvalue weighted by molar-refractivity contribution is 0.475. The quantitative estimate of drug-likeness (QED) is 0.533. The first-order valence-electron chi connectivity index (χ1n) is 7.90. The van der Waals surface area contributed by atoms with Crippen molar-refractivity contribution in [3.63, 3.8) is 0 Å². The third-order valence-electron chi connectivity index (χ3n) is 3.79. The average molecular weight is 337 g/mol. The van der Waals surface area contributed by atoms with Crippen LogP contribution in [0, 0.1) is 0 Å². The highest BCUT2D eigenvalue weighted by molar-refractivity contribution is 7.23. The van der Waals surface area contributed by atoms with Crippen LogP contribution in [0.5, 0.6) is 5.75 Å². The SMILES string of the molecule is CC(C)(C)Nc1c(-c2ccc(O)cc2)nc2sc3ccccc3n12. The maximum absolute atomic E-state index is 9.56. The Hall–Kier alpha value is -2.53. The van der Waals surface area contributed by atoms with E-state index in [4.69, 9.17) is 4.98 Å². The molecule has 4 rings (SSSR count). The number of nitrogens with zero attached hydrogens (tertiary/aromatic N) is 2. The molecular weight excluding hydrogens is 318 g/mol. The van der Waals surface area contributed by atoms with Crippen molar-refractivity contribution >= 4 is 32.3 Å². The first kappa shape index (κ1) is 15.0. The normalized spacial score (nSPS) is 12.1. The van der Waals surface area contributed by atoms with Gasteiger partial charge in [0.05, 0.1) is 10.2 Å². The molecule has 2 heterocycles. The van der Waals surface area contributed by atoms with Gasteiger partial charge in [-0.1, -0.05) is 23.5 Å². The van der Waals surface area contributed by atoms with Gasteiger partial charge in [0.25, 0.3) is 0 Å². The molecule has 2 N–H and O–H groups in total. The largest absolute Gasteiger partial charge is 0.508 e. The predicted molar refractivity (Wildman–Crippen MR) is 101 cm³/mol. The van der Waals surface area contributed by atoms with Gasteiger partial charge in [0.15, 0.2) is 4.96 Å². The maximum atomic E-state index is 9.56. The Morgan fingerprint density at radius 1 is 1.04 bits per heavy atom. The number of imidazole rings is 1. The summed E-state index contributed by atoms with van der Waals surface area (Å²) in [6.07, 6.45) is 0. The molecule has 0 spiro atoms. The number of hydrogen-bond acceptors (Lipinski definition) is 4. The molecule has 4 aromatic rings. The highest BCUT2D eigenvalue weighted by Gasteiger charge is 2.21. The number of nitrogens with one attached hydrogen (secondary N) is 1. The molecule has 0 saturated heterocycles. The third-order valence-corrected chi connectivity index (χ3v) is 4.81. The van der Waals surface area contributed by atoms with Crippen LogP contribution in [0.25, 0.3) is 26.4 Å². The van der Waals surface area contributed by atoms with E-state index in [0.717, 1.165) is 27.6 Å². The van der Waals surface area contributed by atoms with Crippen LogP contribution in [0.3, 0.4) is 0 Å². The number of fused-ring (bicyclic) bond motifs is 3. The Morgan fingerprint density at radius 3 is 2.46 bits per heavy atom. The molecule has 0 bridgehead atoms. The molecule has 122 valence electrons. The van der Waals surface area contributed by atoms with Crippen molar-refractivity contribution in [3.05, 3.63) is 48.5 Å². The Bertz CT molecular complexity index is 1020. The minimum atomic E-state index is -0.0926. The van der Waals surface area contributed by atoms with Crippen LogP contribution >= 0.6 is 11.3 Å². The van der Waals surface area contributed by atoms with E-state index in [1.165, 1.54) is 4.70 Å². The van der Waals surface area contributed by atoms with Gasteiger partial charge in [-0.05, 0) is 57.2 Å². The Morgan fingerprint density at radius 2 is 1.75 bits per heavy atom. The van der Waals surface area contributed by atoms with Crippen molar-refractivity contribution in [2.75, 3.05) is 5.32 Å². The van der Waals surface area contributed by atoms with Crippen molar-refractivity contribution in [1.29, 1.82) is 0 Å². The molecule has 2 aromatic heterocycles. The van der Waals surface area contributed by atoms with E-state index in [0.29, 0.717) is 0 Å². The molecular formula is C19H19N3OS. The van der Waals surface area contributed by atoms with E-state index >= 15 is 0 Å². The molecule has 0 aliphatic heterocycles. The standard InChI is InChI=1S/C19H19N3OS/c1-19(2,3)21-17-16(12-8-10-13(23)11-9-12)20-18-22(17)14-6-4-5-7-15(14)24-18/h4-11,21,23H,1-3H3. The molecule has 0 radical (unpaired) electrons. The fraction of sp³-hybridized carbons (Fsp3) is 0.211. The molecule has 4 nitrogen and oxygen atoms in total. The number of aromatic hydroxyl groups is 1. The van der Waals surface area contributed by atoms with Gasteiger partial charge in [0.2, 0.25) is 0 Å². The number of phenolic OH excluding ortho intramolecular Hbond substituents is 1. The average Bonchev–Trinajstić information content (AvgIpc) is 3.04. The van der Waals surface area contributed by atoms with Gasteiger partial charge in [-0.2, -0.15) is 0 Å². The van der Waals surface area contributed by atoms with Crippen molar-refractivity contribution in [2.45, 2.75) is 26.3 Å². The predicted octanol–water partition coefficient (Wildman–Crippen LogP) is 5.13. The van der Waals surface area contributed by atoms with Crippen LogP contribution in [0.2, 0.25) is 0 Å². The molecule has 0 amide bonds. The lowest BCUT2D eigenvalue weighted by atomic mass is 10.1. The summed E-state index contributed by atoms with van der Waals surface area (Å²) in [6, 6.07) is 15.5. The summed E-state index contributed by atoms with van der Waals surface area (Å²) in [5.74, 6) is 1.25. The van der Waals surface area contributed by atoms with E-state index < -0.39 is 0 Å². The number of benzene rings is 2. The van der Waals surface area contributed by atoms with E-state index in [2.05, 4.69) is 54.8 Å². The van der Waals surface area contributed by atoms with Crippen molar-refractivity contribution in [1.82, 2.24) is 9.38 Å². The summed E-state index contributed by atoms with van der Waals surface area (Å²) in [7, 11) is 0. The first-order chi connectivity index (χ1) is 11.4. The van der Waals surface area contributed by atoms with Crippen LogP contribution < -0.4 is 5.32 Å². The number of para-hydroxylation sites is 1. The summed E-state index contributed by atoms with van der Waals surface area (Å²) < 4.78 is 3.40. The van der Waals surface area contributed by atoms with Gasteiger partial charge < -0.3 is 10.4 Å². The van der Waals surface area contributed by atoms with Crippen LogP contribution in [0.4, 0.5) is 5.82 Å². The molecule has 0 fully saturated rings. The Kier molecular flexibility index (Phi) is 3.28. The summed E-state index contributed by atoms with van der Waals surface area (Å²) in [5.41, 5.74) is 2.95. The zero-order valence-corrected chi connectivity index (χ0v) is 14.7. The number of phenols is 1. The number of anilines is 1. The number of thiazole rings is 1. The van der Waals surface area contributed by atoms with Crippen LogP contribution in [-0.2, 0) is 0 Å². The smallest absolute Gasteiger partial charge is 0.197 e. The van der Waals surface area contributed by atoms with Crippen LogP contribution in [0.1, 0.15) is 20.8 Å². The van der Waals surface area contributed by atoms with Gasteiger partial charge in [0, 0.05) is 11.1 Å². The molecule has 2 aromatic carbocycles. The Balaban J connectivity index is 2.02. The second-order valence-electron chi connectivity index (χ2n) is 6.92. The fourth-order valence-corrected chi connectivity index (χ4v) is 3.83. The zero-order chi connectivity index (χ0) is 16.9. The first-order valence-corrected chi connectivity index (χ1v) is 8.72. The highest BCUT2D eigenvalue weighted by atomic mass is 32.1. The maximum Gasteiger partial charge on any atom is 0.197 e. The van der Waals surface area contributed by atoms with Gasteiger partial charge in [-0.25, -0.2) is 4.98 Å². The van der Waals surface area contributed by atoms with Crippen molar-refractivity contribution in [3.8, 4) is 17.0 Å². The molecule has 24 heavy (non-hydrogen) atoms. The molecule has 0 saturated carbocycles. The van der Waals surface area contributed by atoms with E-state index in [1.807, 2.05) is 12.1 Å². The van der Waals surface area contributed by atoms with E-state index in [-0.39, 0.29) is 11.3 Å². The minimum absolute atomic E-state index is 0.0926. The number of aromatic nitrogens is 2. The van der Waals surface area contributed by atoms with Gasteiger partial charge in [0.1, 0.15) is 17.3 Å². The Labute approximate surface area is 144 Å². The summed E-state index contributed by atoms with van der Waals surface area (Å²) in [4.78, 5) is 5.84. The second kappa shape index (κ2) is 5.24. The van der Waals surface area contributed by atoms with Crippen LogP contribution in [0.15, 0.2) is 48.5 Å². The lowest BCUT2D eigenvalue weighted by Gasteiger charge is -2.22. The van der Waals surface area contributed by atoms with E-state index in [9.17, 15) is 5.11 Å². The molecule has 0 unspecified atom stereocenters. The lowest BCUT2D eigenvalue weighted by Crippen LogP contribution is -2.27. The van der Waals surface area contributed by atoms with Gasteiger partial charge in [-0.15, -0.1) is 0 Å². The molecule has 0 atom stereocenters. The number of rotatable bonds is 2. The zero-order valence-electron chi connectivity index (χ0n) is 13.9. The van der Waals surface area contributed by atoms with Crippen LogP contribution in [-0.4, -0.2) is 20.0 Å². The van der Waals surface area contributed by atoms with Crippen molar-refractivity contribution < 1.29 is 5.11 Å². The third kappa shape index (κ3) is 2.51. The second-order valence-corrected chi connectivity index (χ2v) is 7.93. The fourth-order valence-electron chi connectivity index (χ4n) is 2.81. The van der Waals surface area contributed by atoms with Gasteiger partial charge in [-0.3, -0.25) is 4.40 Å².